The highest BCUT2D eigenvalue weighted by Gasteiger charge is 2.13. The molecule has 1 aliphatic heterocycles. The summed E-state index contributed by atoms with van der Waals surface area (Å²) in [5, 5.41) is 3.41. The van der Waals surface area contributed by atoms with Crippen molar-refractivity contribution >= 4 is 0 Å². The Morgan fingerprint density at radius 3 is 2.81 bits per heavy atom. The smallest absolute Gasteiger partial charge is 0.0495 e. The van der Waals surface area contributed by atoms with E-state index in [1.54, 1.807) is 0 Å². The van der Waals surface area contributed by atoms with E-state index in [4.69, 9.17) is 9.47 Å². The molecule has 1 aliphatic rings. The monoisotopic (exact) mass is 229 g/mol. The number of rotatable bonds is 8. The van der Waals surface area contributed by atoms with Crippen molar-refractivity contribution in [2.24, 2.45) is 5.92 Å². The maximum Gasteiger partial charge on any atom is 0.0495 e. The minimum atomic E-state index is 0.622. The highest BCUT2D eigenvalue weighted by Crippen LogP contribution is 2.14. The van der Waals surface area contributed by atoms with E-state index in [0.29, 0.717) is 6.04 Å². The average Bonchev–Trinajstić information content (AvgIpc) is 2.30. The SMILES string of the molecule is CCNC(C)CCCOCC1CCOCC1. The Kier molecular flexibility index (Phi) is 7.81. The van der Waals surface area contributed by atoms with Gasteiger partial charge in [-0.15, -0.1) is 0 Å². The van der Waals surface area contributed by atoms with Crippen LogP contribution >= 0.6 is 0 Å². The number of ether oxygens (including phenoxy) is 2. The first kappa shape index (κ1) is 13.9. The van der Waals surface area contributed by atoms with Crippen LogP contribution < -0.4 is 5.32 Å². The molecule has 0 spiro atoms. The Morgan fingerprint density at radius 1 is 1.38 bits per heavy atom. The Labute approximate surface area is 99.9 Å². The summed E-state index contributed by atoms with van der Waals surface area (Å²) in [6.45, 7) is 9.13. The molecule has 1 heterocycles. The van der Waals surface area contributed by atoms with Crippen molar-refractivity contribution in [1.29, 1.82) is 0 Å². The molecule has 1 unspecified atom stereocenters. The van der Waals surface area contributed by atoms with Gasteiger partial charge in [-0.2, -0.15) is 0 Å². The molecule has 0 aromatic rings. The summed E-state index contributed by atoms with van der Waals surface area (Å²) in [5.41, 5.74) is 0. The second-order valence-corrected chi connectivity index (χ2v) is 4.73. The molecule has 0 radical (unpaired) electrons. The van der Waals surface area contributed by atoms with Crippen molar-refractivity contribution in [3.8, 4) is 0 Å². The van der Waals surface area contributed by atoms with E-state index >= 15 is 0 Å². The van der Waals surface area contributed by atoms with Crippen molar-refractivity contribution in [2.45, 2.75) is 45.6 Å². The molecular weight excluding hydrogens is 202 g/mol. The number of hydrogen-bond acceptors (Lipinski definition) is 3. The van der Waals surface area contributed by atoms with E-state index in [9.17, 15) is 0 Å². The summed E-state index contributed by atoms with van der Waals surface area (Å²) in [7, 11) is 0. The molecule has 3 heteroatoms. The first-order chi connectivity index (χ1) is 7.83. The van der Waals surface area contributed by atoms with Gasteiger partial charge >= 0.3 is 0 Å². The molecule has 1 rings (SSSR count). The van der Waals surface area contributed by atoms with E-state index < -0.39 is 0 Å². The third-order valence-corrected chi connectivity index (χ3v) is 3.17. The van der Waals surface area contributed by atoms with Gasteiger partial charge in [0.25, 0.3) is 0 Å². The van der Waals surface area contributed by atoms with Gasteiger partial charge < -0.3 is 14.8 Å². The molecule has 1 atom stereocenters. The molecule has 1 N–H and O–H groups in total. The maximum absolute atomic E-state index is 5.72. The summed E-state index contributed by atoms with van der Waals surface area (Å²) in [4.78, 5) is 0. The van der Waals surface area contributed by atoms with E-state index in [-0.39, 0.29) is 0 Å². The number of hydrogen-bond donors (Lipinski definition) is 1. The molecule has 0 bridgehead atoms. The van der Waals surface area contributed by atoms with Crippen LogP contribution in [0.4, 0.5) is 0 Å². The largest absolute Gasteiger partial charge is 0.381 e. The minimum absolute atomic E-state index is 0.622. The molecule has 1 saturated heterocycles. The quantitative estimate of drug-likeness (QED) is 0.647. The lowest BCUT2D eigenvalue weighted by Gasteiger charge is -2.21. The van der Waals surface area contributed by atoms with Crippen LogP contribution in [0.1, 0.15) is 39.5 Å². The molecule has 1 fully saturated rings. The maximum atomic E-state index is 5.72. The Balaban J connectivity index is 1.87. The van der Waals surface area contributed by atoms with Crippen LogP contribution in [-0.4, -0.2) is 39.0 Å². The van der Waals surface area contributed by atoms with Crippen LogP contribution in [-0.2, 0) is 9.47 Å². The zero-order valence-corrected chi connectivity index (χ0v) is 10.8. The fraction of sp³-hybridized carbons (Fsp3) is 1.00. The van der Waals surface area contributed by atoms with Crippen LogP contribution in [0, 0.1) is 5.92 Å². The van der Waals surface area contributed by atoms with Crippen molar-refractivity contribution < 1.29 is 9.47 Å². The number of nitrogens with one attached hydrogen (secondary N) is 1. The van der Waals surface area contributed by atoms with E-state index in [1.807, 2.05) is 0 Å². The molecule has 16 heavy (non-hydrogen) atoms. The lowest BCUT2D eigenvalue weighted by molar-refractivity contribution is 0.0196. The van der Waals surface area contributed by atoms with Crippen LogP contribution in [0.15, 0.2) is 0 Å². The summed E-state index contributed by atoms with van der Waals surface area (Å²) in [6.07, 6.45) is 4.72. The molecule has 0 amide bonds. The Bertz CT molecular complexity index is 158. The Hall–Kier alpha value is -0.120. The predicted octanol–water partition coefficient (Wildman–Crippen LogP) is 2.21. The van der Waals surface area contributed by atoms with Gasteiger partial charge in [0.2, 0.25) is 0 Å². The lowest BCUT2D eigenvalue weighted by atomic mass is 10.0. The zero-order chi connectivity index (χ0) is 11.6. The average molecular weight is 229 g/mol. The first-order valence-electron chi connectivity index (χ1n) is 6.71. The topological polar surface area (TPSA) is 30.5 Å². The van der Waals surface area contributed by atoms with E-state index in [1.165, 1.54) is 19.3 Å². The second-order valence-electron chi connectivity index (χ2n) is 4.73. The summed E-state index contributed by atoms with van der Waals surface area (Å²) < 4.78 is 11.0. The van der Waals surface area contributed by atoms with Crippen LogP contribution in [0.3, 0.4) is 0 Å². The normalized spacial score (nSPS) is 19.9. The molecule has 0 aliphatic carbocycles. The van der Waals surface area contributed by atoms with Crippen molar-refractivity contribution in [2.75, 3.05) is 33.0 Å². The van der Waals surface area contributed by atoms with Gasteiger partial charge in [0.1, 0.15) is 0 Å². The Morgan fingerprint density at radius 2 is 2.12 bits per heavy atom. The van der Waals surface area contributed by atoms with Gasteiger partial charge in [0, 0.05) is 32.5 Å². The summed E-state index contributed by atoms with van der Waals surface area (Å²) in [6, 6.07) is 0.622. The van der Waals surface area contributed by atoms with Gasteiger partial charge in [-0.3, -0.25) is 0 Å². The zero-order valence-electron chi connectivity index (χ0n) is 10.8. The van der Waals surface area contributed by atoms with Crippen molar-refractivity contribution in [1.82, 2.24) is 5.32 Å². The molecule has 96 valence electrons. The first-order valence-corrected chi connectivity index (χ1v) is 6.71. The summed E-state index contributed by atoms with van der Waals surface area (Å²) in [5.74, 6) is 0.736. The standard InChI is InChI=1S/C13H27NO2/c1-3-14-12(2)5-4-8-16-11-13-6-9-15-10-7-13/h12-14H,3-11H2,1-2H3. The fourth-order valence-electron chi connectivity index (χ4n) is 2.11. The molecule has 0 aromatic carbocycles. The van der Waals surface area contributed by atoms with Gasteiger partial charge in [-0.05, 0) is 45.1 Å². The molecule has 3 nitrogen and oxygen atoms in total. The fourth-order valence-corrected chi connectivity index (χ4v) is 2.11. The van der Waals surface area contributed by atoms with E-state index in [2.05, 4.69) is 19.2 Å². The highest BCUT2D eigenvalue weighted by molar-refractivity contribution is 4.63. The minimum Gasteiger partial charge on any atom is -0.381 e. The van der Waals surface area contributed by atoms with Crippen molar-refractivity contribution in [3.63, 3.8) is 0 Å². The predicted molar refractivity (Wildman–Crippen MR) is 66.7 cm³/mol. The van der Waals surface area contributed by atoms with Crippen LogP contribution in [0.25, 0.3) is 0 Å². The van der Waals surface area contributed by atoms with Gasteiger partial charge in [-0.1, -0.05) is 6.92 Å². The third kappa shape index (κ3) is 6.46. The third-order valence-electron chi connectivity index (χ3n) is 3.17. The van der Waals surface area contributed by atoms with Crippen LogP contribution in [0.2, 0.25) is 0 Å². The van der Waals surface area contributed by atoms with E-state index in [0.717, 1.165) is 45.3 Å². The van der Waals surface area contributed by atoms with Gasteiger partial charge in [-0.25, -0.2) is 0 Å². The second kappa shape index (κ2) is 8.97. The lowest BCUT2D eigenvalue weighted by Crippen LogP contribution is -2.26. The van der Waals surface area contributed by atoms with Gasteiger partial charge in [0.15, 0.2) is 0 Å². The highest BCUT2D eigenvalue weighted by atomic mass is 16.5. The molecular formula is C13H27NO2. The molecule has 0 saturated carbocycles. The van der Waals surface area contributed by atoms with Gasteiger partial charge in [0.05, 0.1) is 0 Å². The van der Waals surface area contributed by atoms with Crippen molar-refractivity contribution in [3.05, 3.63) is 0 Å². The summed E-state index contributed by atoms with van der Waals surface area (Å²) >= 11 is 0. The van der Waals surface area contributed by atoms with Crippen LogP contribution in [0.5, 0.6) is 0 Å². The molecule has 0 aromatic heterocycles.